The molecule has 4 rings (SSSR count). The van der Waals surface area contributed by atoms with Gasteiger partial charge in [-0.15, -0.1) is 0 Å². The van der Waals surface area contributed by atoms with Gasteiger partial charge in [0.1, 0.15) is 11.9 Å². The number of H-pyrrole nitrogens is 1. The largest absolute Gasteiger partial charge is 0.352 e. The van der Waals surface area contributed by atoms with Crippen LogP contribution in [0.25, 0.3) is 0 Å². The maximum Gasteiger partial charge on any atom is 0.247 e. The molecule has 0 radical (unpaired) electrons. The van der Waals surface area contributed by atoms with Crippen molar-refractivity contribution in [2.24, 2.45) is 0 Å². The van der Waals surface area contributed by atoms with Crippen LogP contribution in [-0.4, -0.2) is 40.0 Å². The number of rotatable bonds is 4. The highest BCUT2D eigenvalue weighted by Gasteiger charge is 2.34. The van der Waals surface area contributed by atoms with Crippen molar-refractivity contribution in [2.45, 2.75) is 44.6 Å². The van der Waals surface area contributed by atoms with E-state index in [4.69, 9.17) is 0 Å². The van der Waals surface area contributed by atoms with Gasteiger partial charge in [-0.25, -0.2) is 4.39 Å². The van der Waals surface area contributed by atoms with Gasteiger partial charge in [-0.1, -0.05) is 12.1 Å². The third kappa shape index (κ3) is 3.59. The van der Waals surface area contributed by atoms with Crippen LogP contribution in [-0.2, 0) is 28.9 Å². The number of nitrogens with zero attached hydrogens (tertiary/aromatic N) is 2. The van der Waals surface area contributed by atoms with E-state index in [1.165, 1.54) is 29.8 Å². The van der Waals surface area contributed by atoms with Crippen molar-refractivity contribution in [2.75, 3.05) is 13.1 Å². The average molecular weight is 370 g/mol. The van der Waals surface area contributed by atoms with Crippen LogP contribution in [0.4, 0.5) is 4.39 Å². The number of amides is 2. The lowest BCUT2D eigenvalue weighted by Gasteiger charge is -2.35. The third-order valence-corrected chi connectivity index (χ3v) is 5.41. The van der Waals surface area contributed by atoms with Crippen LogP contribution >= 0.6 is 0 Å². The molecule has 1 aliphatic heterocycles. The van der Waals surface area contributed by atoms with Gasteiger partial charge in [-0.05, 0) is 48.9 Å². The van der Waals surface area contributed by atoms with Gasteiger partial charge in [0.05, 0.1) is 5.69 Å². The number of hydrogen-bond donors (Lipinski definition) is 2. The topological polar surface area (TPSA) is 78.1 Å². The molecule has 0 spiro atoms. The summed E-state index contributed by atoms with van der Waals surface area (Å²) in [5, 5.41) is 10.3. The fourth-order valence-corrected chi connectivity index (χ4v) is 4.07. The summed E-state index contributed by atoms with van der Waals surface area (Å²) in [6, 6.07) is 5.11. The highest BCUT2D eigenvalue weighted by molar-refractivity contribution is 5.89. The zero-order valence-electron chi connectivity index (χ0n) is 15.1. The number of aryl methyl sites for hydroxylation is 2. The number of carbonyl (C=O) groups excluding carboxylic acids is 2. The summed E-state index contributed by atoms with van der Waals surface area (Å²) in [5.41, 5.74) is 3.91. The van der Waals surface area contributed by atoms with Crippen molar-refractivity contribution in [3.63, 3.8) is 0 Å². The first kappa shape index (κ1) is 17.7. The standard InChI is InChI=1S/C20H23FN4O2/c21-14-5-3-4-13(12-14)19-20(27)22-10-11-25(19)18(26)9-8-17-15-6-1-2-7-16(15)23-24-17/h3-5,12,19H,1-2,6-11H2,(H,22,27)(H,23,24). The normalized spacial score (nSPS) is 19.5. The zero-order valence-corrected chi connectivity index (χ0v) is 15.1. The molecule has 0 saturated carbocycles. The molecule has 142 valence electrons. The Hall–Kier alpha value is -2.70. The minimum absolute atomic E-state index is 0.105. The molecule has 2 amide bonds. The van der Waals surface area contributed by atoms with E-state index in [-0.39, 0.29) is 18.2 Å². The fourth-order valence-electron chi connectivity index (χ4n) is 4.07. The number of aromatic nitrogens is 2. The maximum absolute atomic E-state index is 13.6. The Labute approximate surface area is 157 Å². The first-order chi connectivity index (χ1) is 13.1. The first-order valence-electron chi connectivity index (χ1n) is 9.51. The number of aromatic amines is 1. The Morgan fingerprint density at radius 2 is 2.15 bits per heavy atom. The molecular formula is C20H23FN4O2. The van der Waals surface area contributed by atoms with Crippen LogP contribution in [0.3, 0.4) is 0 Å². The second-order valence-corrected chi connectivity index (χ2v) is 7.17. The van der Waals surface area contributed by atoms with E-state index < -0.39 is 11.9 Å². The van der Waals surface area contributed by atoms with Crippen LogP contribution in [0.5, 0.6) is 0 Å². The Bertz CT molecular complexity index is 863. The number of halogens is 1. The molecule has 1 aliphatic carbocycles. The number of hydrogen-bond acceptors (Lipinski definition) is 3. The number of fused-ring (bicyclic) bond motifs is 1. The summed E-state index contributed by atoms with van der Waals surface area (Å²) < 4.78 is 13.6. The van der Waals surface area contributed by atoms with Gasteiger partial charge in [-0.3, -0.25) is 14.7 Å². The van der Waals surface area contributed by atoms with E-state index in [1.807, 2.05) is 0 Å². The summed E-state index contributed by atoms with van der Waals surface area (Å²) in [4.78, 5) is 26.9. The number of nitrogens with one attached hydrogen (secondary N) is 2. The SMILES string of the molecule is O=C1NCCN(C(=O)CCc2n[nH]c3c2CCCC3)C1c1cccc(F)c1. The summed E-state index contributed by atoms with van der Waals surface area (Å²) in [5.74, 6) is -0.787. The highest BCUT2D eigenvalue weighted by Crippen LogP contribution is 2.26. The van der Waals surface area contributed by atoms with Gasteiger partial charge in [0.25, 0.3) is 0 Å². The van der Waals surface area contributed by atoms with E-state index in [1.54, 1.807) is 17.0 Å². The molecule has 1 unspecified atom stereocenters. The lowest BCUT2D eigenvalue weighted by Crippen LogP contribution is -2.52. The molecule has 1 fully saturated rings. The molecule has 1 aromatic carbocycles. The van der Waals surface area contributed by atoms with Crippen molar-refractivity contribution in [1.82, 2.24) is 20.4 Å². The summed E-state index contributed by atoms with van der Waals surface area (Å²) >= 11 is 0. The van der Waals surface area contributed by atoms with Gasteiger partial charge in [-0.2, -0.15) is 5.10 Å². The van der Waals surface area contributed by atoms with Gasteiger partial charge >= 0.3 is 0 Å². The molecule has 1 saturated heterocycles. The van der Waals surface area contributed by atoms with E-state index >= 15 is 0 Å². The Morgan fingerprint density at radius 3 is 3.00 bits per heavy atom. The monoisotopic (exact) mass is 370 g/mol. The third-order valence-electron chi connectivity index (χ3n) is 5.41. The lowest BCUT2D eigenvalue weighted by atomic mass is 9.94. The van der Waals surface area contributed by atoms with Gasteiger partial charge < -0.3 is 10.2 Å². The molecular weight excluding hydrogens is 347 g/mol. The summed E-state index contributed by atoms with van der Waals surface area (Å²) in [6.45, 7) is 0.832. The fraction of sp³-hybridized carbons (Fsp3) is 0.450. The van der Waals surface area contributed by atoms with Gasteiger partial charge in [0, 0.05) is 31.6 Å². The van der Waals surface area contributed by atoms with Crippen molar-refractivity contribution in [3.8, 4) is 0 Å². The maximum atomic E-state index is 13.6. The van der Waals surface area contributed by atoms with Crippen LogP contribution in [0.2, 0.25) is 0 Å². The van der Waals surface area contributed by atoms with Gasteiger partial charge in [0.2, 0.25) is 11.8 Å². The highest BCUT2D eigenvalue weighted by atomic mass is 19.1. The van der Waals surface area contributed by atoms with Crippen molar-refractivity contribution >= 4 is 11.8 Å². The smallest absolute Gasteiger partial charge is 0.247 e. The first-order valence-corrected chi connectivity index (χ1v) is 9.51. The number of benzene rings is 1. The minimum atomic E-state index is -0.782. The van der Waals surface area contributed by atoms with E-state index in [2.05, 4.69) is 15.5 Å². The molecule has 1 aromatic heterocycles. The van der Waals surface area contributed by atoms with E-state index in [0.29, 0.717) is 25.1 Å². The molecule has 2 N–H and O–H groups in total. The van der Waals surface area contributed by atoms with Crippen LogP contribution in [0, 0.1) is 5.82 Å². The minimum Gasteiger partial charge on any atom is -0.352 e. The van der Waals surface area contributed by atoms with Crippen molar-refractivity contribution < 1.29 is 14.0 Å². The number of carbonyl (C=O) groups is 2. The molecule has 27 heavy (non-hydrogen) atoms. The Morgan fingerprint density at radius 1 is 1.30 bits per heavy atom. The molecule has 2 heterocycles. The summed E-state index contributed by atoms with van der Waals surface area (Å²) in [7, 11) is 0. The molecule has 6 nitrogen and oxygen atoms in total. The van der Waals surface area contributed by atoms with E-state index in [9.17, 15) is 14.0 Å². The predicted octanol–water partition coefficient (Wildman–Crippen LogP) is 2.06. The molecule has 7 heteroatoms. The lowest BCUT2D eigenvalue weighted by molar-refractivity contribution is -0.143. The second kappa shape index (κ2) is 7.50. The Balaban J connectivity index is 1.49. The van der Waals surface area contributed by atoms with Gasteiger partial charge in [0.15, 0.2) is 0 Å². The van der Waals surface area contributed by atoms with Crippen LogP contribution in [0.15, 0.2) is 24.3 Å². The van der Waals surface area contributed by atoms with E-state index in [0.717, 1.165) is 25.0 Å². The second-order valence-electron chi connectivity index (χ2n) is 7.17. The summed E-state index contributed by atoms with van der Waals surface area (Å²) in [6.07, 6.45) is 5.19. The van der Waals surface area contributed by atoms with Crippen molar-refractivity contribution in [1.29, 1.82) is 0 Å². The molecule has 1 atom stereocenters. The Kier molecular flexibility index (Phi) is 4.92. The number of piperazine rings is 1. The predicted molar refractivity (Wildman–Crippen MR) is 97.4 cm³/mol. The molecule has 2 aliphatic rings. The molecule has 0 bridgehead atoms. The zero-order chi connectivity index (χ0) is 18.8. The van der Waals surface area contributed by atoms with Crippen LogP contribution < -0.4 is 5.32 Å². The quantitative estimate of drug-likeness (QED) is 0.865. The van der Waals surface area contributed by atoms with Crippen molar-refractivity contribution in [3.05, 3.63) is 52.6 Å². The molecule has 2 aromatic rings. The van der Waals surface area contributed by atoms with Crippen LogP contribution in [0.1, 0.15) is 47.8 Å². The average Bonchev–Trinajstić information content (AvgIpc) is 3.09.